The van der Waals surface area contributed by atoms with Crippen LogP contribution in [0.3, 0.4) is 0 Å². The number of carbonyl (C=O) groups excluding carboxylic acids is 1. The molecule has 0 radical (unpaired) electrons. The van der Waals surface area contributed by atoms with E-state index in [4.69, 9.17) is 23.8 Å². The van der Waals surface area contributed by atoms with E-state index < -0.39 is 5.97 Å². The number of carbonyl (C=O) groups is 2. The summed E-state index contributed by atoms with van der Waals surface area (Å²) in [6.45, 7) is 0. The van der Waals surface area contributed by atoms with Crippen LogP contribution >= 0.6 is 35.6 Å². The summed E-state index contributed by atoms with van der Waals surface area (Å²) < 4.78 is 0.300. The fourth-order valence-corrected chi connectivity index (χ4v) is 3.65. The molecule has 0 bridgehead atoms. The van der Waals surface area contributed by atoms with Gasteiger partial charge in [-0.15, -0.1) is 0 Å². The smallest absolute Gasteiger partial charge is 0.337 e. The molecule has 2 aromatic carbocycles. The Morgan fingerprint density at radius 2 is 1.83 bits per heavy atom. The van der Waals surface area contributed by atoms with Crippen molar-refractivity contribution in [2.75, 3.05) is 4.90 Å². The highest BCUT2D eigenvalue weighted by Gasteiger charge is 2.35. The van der Waals surface area contributed by atoms with E-state index in [1.807, 2.05) is 0 Å². The Bertz CT molecular complexity index is 878. The molecule has 0 aromatic heterocycles. The number of hydrogen-bond donors (Lipinski definition) is 1. The summed E-state index contributed by atoms with van der Waals surface area (Å²) in [5.41, 5.74) is 1.11. The molecule has 0 spiro atoms. The third-order valence-electron chi connectivity index (χ3n) is 3.34. The minimum absolute atomic E-state index is 0.0292. The number of hydrogen-bond acceptors (Lipinski definition) is 4. The zero-order chi connectivity index (χ0) is 17.3. The summed E-state index contributed by atoms with van der Waals surface area (Å²) in [5.74, 6) is -1.45. The lowest BCUT2D eigenvalue weighted by Gasteiger charge is -2.16. The standard InChI is InChI=1S/C17H10ClNO3S2/c18-11-7-5-10(6-8-11)9-14-15(20)19(17(23)24-14)13-4-2-1-3-12(13)16(21)22/h1-9H,(H,21,22)/b14-9-. The molecule has 24 heavy (non-hydrogen) atoms. The van der Waals surface area contributed by atoms with Crippen LogP contribution in [0, 0.1) is 0 Å². The molecule has 4 nitrogen and oxygen atoms in total. The second-order valence-electron chi connectivity index (χ2n) is 4.89. The molecule has 0 unspecified atom stereocenters. The highest BCUT2D eigenvalue weighted by atomic mass is 35.5. The molecule has 0 aliphatic carbocycles. The fourth-order valence-electron chi connectivity index (χ4n) is 2.24. The third kappa shape index (κ3) is 3.21. The summed E-state index contributed by atoms with van der Waals surface area (Å²) in [7, 11) is 0. The first kappa shape index (κ1) is 16.7. The van der Waals surface area contributed by atoms with Gasteiger partial charge in [0.1, 0.15) is 0 Å². The van der Waals surface area contributed by atoms with Crippen LogP contribution in [0.5, 0.6) is 0 Å². The maximum Gasteiger partial charge on any atom is 0.337 e. The van der Waals surface area contributed by atoms with E-state index in [-0.39, 0.29) is 17.2 Å². The average Bonchev–Trinajstić information content (AvgIpc) is 2.83. The van der Waals surface area contributed by atoms with Crippen LogP contribution in [0.25, 0.3) is 6.08 Å². The Balaban J connectivity index is 1.98. The van der Waals surface area contributed by atoms with Crippen molar-refractivity contribution in [2.24, 2.45) is 0 Å². The van der Waals surface area contributed by atoms with Gasteiger partial charge in [-0.3, -0.25) is 9.69 Å². The second-order valence-corrected chi connectivity index (χ2v) is 7.00. The van der Waals surface area contributed by atoms with Gasteiger partial charge in [-0.1, -0.05) is 59.8 Å². The Hall–Kier alpha value is -2.15. The molecule has 0 atom stereocenters. The summed E-state index contributed by atoms with van der Waals surface area (Å²) in [4.78, 5) is 25.8. The van der Waals surface area contributed by atoms with Gasteiger partial charge in [-0.05, 0) is 35.9 Å². The van der Waals surface area contributed by atoms with Crippen molar-refractivity contribution in [1.82, 2.24) is 0 Å². The van der Waals surface area contributed by atoms with Crippen LogP contribution in [0.15, 0.2) is 53.4 Å². The van der Waals surface area contributed by atoms with Gasteiger partial charge in [0.2, 0.25) is 0 Å². The number of halogens is 1. The number of rotatable bonds is 3. The number of carboxylic acid groups (broad SMARTS) is 1. The van der Waals surface area contributed by atoms with Gasteiger partial charge >= 0.3 is 5.97 Å². The Morgan fingerprint density at radius 1 is 1.17 bits per heavy atom. The number of carboxylic acids is 1. The van der Waals surface area contributed by atoms with Crippen LogP contribution in [0.1, 0.15) is 15.9 Å². The van der Waals surface area contributed by atoms with Crippen molar-refractivity contribution in [3.8, 4) is 0 Å². The molecule has 1 amide bonds. The maximum absolute atomic E-state index is 12.7. The van der Waals surface area contributed by atoms with E-state index in [1.165, 1.54) is 11.0 Å². The van der Waals surface area contributed by atoms with Crippen LogP contribution in [-0.2, 0) is 4.79 Å². The molecular weight excluding hydrogens is 366 g/mol. The zero-order valence-corrected chi connectivity index (χ0v) is 14.5. The molecule has 7 heteroatoms. The van der Waals surface area contributed by atoms with E-state index in [1.54, 1.807) is 48.5 Å². The Labute approximate surface area is 152 Å². The van der Waals surface area contributed by atoms with Crippen molar-refractivity contribution >= 4 is 63.5 Å². The Morgan fingerprint density at radius 3 is 2.50 bits per heavy atom. The molecule has 2 aromatic rings. The number of anilines is 1. The molecule has 1 aliphatic heterocycles. The van der Waals surface area contributed by atoms with Crippen molar-refractivity contribution in [2.45, 2.75) is 0 Å². The third-order valence-corrected chi connectivity index (χ3v) is 4.89. The summed E-state index contributed by atoms with van der Waals surface area (Å²) in [6.07, 6.45) is 1.71. The lowest BCUT2D eigenvalue weighted by atomic mass is 10.1. The van der Waals surface area contributed by atoms with Crippen molar-refractivity contribution in [3.63, 3.8) is 0 Å². The lowest BCUT2D eigenvalue weighted by Crippen LogP contribution is -2.29. The number of aromatic carboxylic acids is 1. The summed E-state index contributed by atoms with van der Waals surface area (Å²) in [5, 5.41) is 9.92. The van der Waals surface area contributed by atoms with Gasteiger partial charge in [-0.2, -0.15) is 0 Å². The maximum atomic E-state index is 12.7. The van der Waals surface area contributed by atoms with Crippen molar-refractivity contribution in [1.29, 1.82) is 0 Å². The molecule has 3 rings (SSSR count). The molecular formula is C17H10ClNO3S2. The van der Waals surface area contributed by atoms with Crippen LogP contribution in [0.4, 0.5) is 5.69 Å². The zero-order valence-electron chi connectivity index (χ0n) is 12.1. The minimum atomic E-state index is -1.11. The second kappa shape index (κ2) is 6.76. The van der Waals surface area contributed by atoms with E-state index in [0.29, 0.717) is 14.2 Å². The fraction of sp³-hybridized carbons (Fsp3) is 0. The normalized spacial score (nSPS) is 16.0. The average molecular weight is 376 g/mol. The summed E-state index contributed by atoms with van der Waals surface area (Å²) in [6, 6.07) is 13.3. The number of thioether (sulfide) groups is 1. The highest BCUT2D eigenvalue weighted by molar-refractivity contribution is 8.27. The minimum Gasteiger partial charge on any atom is -0.478 e. The number of amides is 1. The molecule has 1 N–H and O–H groups in total. The van der Waals surface area contributed by atoms with Crippen molar-refractivity contribution in [3.05, 3.63) is 69.6 Å². The topological polar surface area (TPSA) is 57.6 Å². The number of benzene rings is 2. The number of thiocarbonyl (C=S) groups is 1. The Kier molecular flexibility index (Phi) is 4.71. The first-order valence-corrected chi connectivity index (χ1v) is 8.43. The molecule has 1 heterocycles. The van der Waals surface area contributed by atoms with Crippen LogP contribution < -0.4 is 4.90 Å². The molecule has 1 saturated heterocycles. The monoisotopic (exact) mass is 375 g/mol. The quantitative estimate of drug-likeness (QED) is 0.634. The largest absolute Gasteiger partial charge is 0.478 e. The molecule has 1 aliphatic rings. The first-order chi connectivity index (χ1) is 11.5. The van der Waals surface area contributed by atoms with Gasteiger partial charge in [0.25, 0.3) is 5.91 Å². The molecule has 0 saturated carbocycles. The van der Waals surface area contributed by atoms with E-state index in [0.717, 1.165) is 17.3 Å². The van der Waals surface area contributed by atoms with Gasteiger partial charge in [0, 0.05) is 5.02 Å². The van der Waals surface area contributed by atoms with Gasteiger partial charge in [-0.25, -0.2) is 4.79 Å². The highest BCUT2D eigenvalue weighted by Crippen LogP contribution is 2.37. The van der Waals surface area contributed by atoms with E-state index in [2.05, 4.69) is 0 Å². The van der Waals surface area contributed by atoms with Gasteiger partial charge in [0.05, 0.1) is 16.2 Å². The number of para-hydroxylation sites is 1. The first-order valence-electron chi connectivity index (χ1n) is 6.83. The number of nitrogens with zero attached hydrogens (tertiary/aromatic N) is 1. The van der Waals surface area contributed by atoms with E-state index in [9.17, 15) is 14.7 Å². The lowest BCUT2D eigenvalue weighted by molar-refractivity contribution is -0.113. The summed E-state index contributed by atoms with van der Waals surface area (Å²) >= 11 is 12.3. The SMILES string of the molecule is O=C(O)c1ccccc1N1C(=O)/C(=C/c2ccc(Cl)cc2)SC1=S. The molecule has 1 fully saturated rings. The van der Waals surface area contributed by atoms with Gasteiger partial charge < -0.3 is 5.11 Å². The predicted molar refractivity (Wildman–Crippen MR) is 101 cm³/mol. The van der Waals surface area contributed by atoms with Crippen LogP contribution in [0.2, 0.25) is 5.02 Å². The van der Waals surface area contributed by atoms with Crippen molar-refractivity contribution < 1.29 is 14.7 Å². The van der Waals surface area contributed by atoms with Crippen LogP contribution in [-0.4, -0.2) is 21.3 Å². The van der Waals surface area contributed by atoms with Gasteiger partial charge in [0.15, 0.2) is 4.32 Å². The predicted octanol–water partition coefficient (Wildman–Crippen LogP) is 4.44. The molecule has 120 valence electrons. The van der Waals surface area contributed by atoms with E-state index >= 15 is 0 Å².